The van der Waals surface area contributed by atoms with Crippen molar-refractivity contribution in [3.05, 3.63) is 42.5 Å². The molecule has 0 aliphatic heterocycles. The maximum atomic E-state index is 13.0. The Morgan fingerprint density at radius 3 is 2.44 bits per heavy atom. The van der Waals surface area contributed by atoms with E-state index < -0.39 is 21.1 Å². The van der Waals surface area contributed by atoms with Gasteiger partial charge in [-0.1, -0.05) is 37.3 Å². The van der Waals surface area contributed by atoms with Crippen LogP contribution < -0.4 is 0 Å². The van der Waals surface area contributed by atoms with Crippen LogP contribution in [0.3, 0.4) is 0 Å². The second kappa shape index (κ2) is 6.71. The number of rotatable bonds is 5. The summed E-state index contributed by atoms with van der Waals surface area (Å²) >= 11 is 0. The third kappa shape index (κ3) is 3.21. The van der Waals surface area contributed by atoms with Gasteiger partial charge in [-0.05, 0) is 25.5 Å². The van der Waals surface area contributed by atoms with Crippen molar-refractivity contribution >= 4 is 9.73 Å². The molecule has 1 rings (SSSR count). The fourth-order valence-corrected chi connectivity index (χ4v) is 3.98. The van der Waals surface area contributed by atoms with E-state index in [0.29, 0.717) is 4.90 Å². The zero-order chi connectivity index (χ0) is 13.6. The lowest BCUT2D eigenvalue weighted by atomic mass is 10.2. The predicted octanol–water partition coefficient (Wildman–Crippen LogP) is 2.86. The molecule has 0 heterocycles. The van der Waals surface area contributed by atoms with Crippen molar-refractivity contribution < 1.29 is 9.32 Å². The molecule has 3 nitrogen and oxygen atoms in total. The summed E-state index contributed by atoms with van der Waals surface area (Å²) in [6.45, 7) is 3.65. The maximum absolute atomic E-state index is 13.0. The normalized spacial score (nSPS) is 18.2. The molecule has 0 aliphatic rings. The molecule has 18 heavy (non-hydrogen) atoms. The first kappa shape index (κ1) is 14.9. The van der Waals surface area contributed by atoms with E-state index in [1.54, 1.807) is 26.1 Å². The molecule has 0 saturated heterocycles. The molecular weight excluding hydrogens is 246 g/mol. The quantitative estimate of drug-likeness (QED) is 0.834. The molecule has 0 saturated carbocycles. The van der Waals surface area contributed by atoms with Crippen molar-refractivity contribution in [2.45, 2.75) is 36.5 Å². The first-order valence-corrected chi connectivity index (χ1v) is 7.68. The lowest BCUT2D eigenvalue weighted by Crippen LogP contribution is -2.30. The standard InChI is InChI=1S/C14H21NO2S/c1-4-5-11-14(12(2)16)18(17,15-3)13-9-7-6-8-10-13/h5-12,14,16H,4H2,1-3H3/b11-5+/t12-,14-,18+/m1/s1. The molecule has 0 fully saturated rings. The molecule has 0 radical (unpaired) electrons. The van der Waals surface area contributed by atoms with Gasteiger partial charge < -0.3 is 5.11 Å². The summed E-state index contributed by atoms with van der Waals surface area (Å²) < 4.78 is 17.1. The highest BCUT2D eigenvalue weighted by atomic mass is 32.2. The molecule has 0 bridgehead atoms. The topological polar surface area (TPSA) is 49.7 Å². The molecule has 3 atom stereocenters. The van der Waals surface area contributed by atoms with Crippen LogP contribution in [0, 0.1) is 0 Å². The van der Waals surface area contributed by atoms with E-state index in [4.69, 9.17) is 0 Å². The van der Waals surface area contributed by atoms with Crippen molar-refractivity contribution in [2.24, 2.45) is 4.36 Å². The minimum absolute atomic E-state index is 0.482. The molecule has 0 aliphatic carbocycles. The van der Waals surface area contributed by atoms with Crippen molar-refractivity contribution in [2.75, 3.05) is 7.05 Å². The summed E-state index contributed by atoms with van der Waals surface area (Å²) in [4.78, 5) is 0.666. The number of allylic oxidation sites excluding steroid dienone is 1. The minimum Gasteiger partial charge on any atom is -0.392 e. The number of aliphatic hydroxyl groups excluding tert-OH is 1. The van der Waals surface area contributed by atoms with E-state index in [0.717, 1.165) is 6.42 Å². The Morgan fingerprint density at radius 1 is 1.39 bits per heavy atom. The van der Waals surface area contributed by atoms with Gasteiger partial charge in [-0.2, -0.15) is 0 Å². The summed E-state index contributed by atoms with van der Waals surface area (Å²) in [6.07, 6.45) is 3.87. The van der Waals surface area contributed by atoms with Gasteiger partial charge in [0.1, 0.15) is 0 Å². The Hall–Kier alpha value is -1.13. The van der Waals surface area contributed by atoms with Gasteiger partial charge in [0.05, 0.1) is 21.1 Å². The van der Waals surface area contributed by atoms with E-state index in [1.807, 2.05) is 37.3 Å². The second-order valence-electron chi connectivity index (χ2n) is 4.11. The minimum atomic E-state index is -2.63. The van der Waals surface area contributed by atoms with Gasteiger partial charge in [0, 0.05) is 11.9 Å². The lowest BCUT2D eigenvalue weighted by Gasteiger charge is -2.21. The van der Waals surface area contributed by atoms with E-state index in [-0.39, 0.29) is 0 Å². The lowest BCUT2D eigenvalue weighted by molar-refractivity contribution is 0.201. The highest BCUT2D eigenvalue weighted by Gasteiger charge is 2.26. The summed E-state index contributed by atoms with van der Waals surface area (Å²) in [6, 6.07) is 9.14. The van der Waals surface area contributed by atoms with E-state index in [1.165, 1.54) is 0 Å². The zero-order valence-corrected chi connectivity index (χ0v) is 11.9. The van der Waals surface area contributed by atoms with Crippen LogP contribution >= 0.6 is 0 Å². The molecule has 4 heteroatoms. The molecule has 0 amide bonds. The fraction of sp³-hybridized carbons (Fsp3) is 0.429. The monoisotopic (exact) mass is 267 g/mol. The maximum Gasteiger partial charge on any atom is 0.0910 e. The van der Waals surface area contributed by atoms with Crippen molar-refractivity contribution in [3.8, 4) is 0 Å². The smallest absolute Gasteiger partial charge is 0.0910 e. The van der Waals surface area contributed by atoms with Crippen molar-refractivity contribution in [3.63, 3.8) is 0 Å². The first-order chi connectivity index (χ1) is 8.56. The number of aliphatic hydroxyl groups is 1. The van der Waals surface area contributed by atoms with E-state index in [2.05, 4.69) is 4.36 Å². The number of hydrogen-bond acceptors (Lipinski definition) is 3. The Bertz CT molecular complexity index is 500. The Morgan fingerprint density at radius 2 is 2.00 bits per heavy atom. The molecule has 0 spiro atoms. The Kier molecular flexibility index (Phi) is 5.56. The Balaban J connectivity index is 3.30. The third-order valence-electron chi connectivity index (χ3n) is 2.76. The molecule has 0 aromatic heterocycles. The fourth-order valence-electron chi connectivity index (χ4n) is 1.80. The number of hydrogen-bond donors (Lipinski definition) is 1. The van der Waals surface area contributed by atoms with Gasteiger partial charge in [-0.25, -0.2) is 8.57 Å². The molecule has 100 valence electrons. The molecular formula is C14H21NO2S. The van der Waals surface area contributed by atoms with Crippen LogP contribution in [-0.2, 0) is 9.73 Å². The van der Waals surface area contributed by atoms with Gasteiger partial charge in [0.25, 0.3) is 0 Å². The van der Waals surface area contributed by atoms with Crippen LogP contribution in [0.4, 0.5) is 0 Å². The van der Waals surface area contributed by atoms with Gasteiger partial charge in [0.2, 0.25) is 0 Å². The summed E-state index contributed by atoms with van der Waals surface area (Å²) in [5.41, 5.74) is 0. The second-order valence-corrected chi connectivity index (χ2v) is 6.62. The van der Waals surface area contributed by atoms with Crippen LogP contribution in [0.5, 0.6) is 0 Å². The summed E-state index contributed by atoms with van der Waals surface area (Å²) in [7, 11) is -1.08. The van der Waals surface area contributed by atoms with Crippen LogP contribution in [0.2, 0.25) is 0 Å². The van der Waals surface area contributed by atoms with Crippen LogP contribution in [0.1, 0.15) is 20.3 Å². The van der Waals surface area contributed by atoms with E-state index in [9.17, 15) is 9.32 Å². The van der Waals surface area contributed by atoms with Crippen LogP contribution in [0.15, 0.2) is 51.7 Å². The predicted molar refractivity (Wildman–Crippen MR) is 76.1 cm³/mol. The van der Waals surface area contributed by atoms with Crippen molar-refractivity contribution in [1.29, 1.82) is 0 Å². The SMILES string of the molecule is CC/C=C/[C@H]([C@@H](C)O)[S@](=O)(=NC)c1ccccc1. The van der Waals surface area contributed by atoms with Crippen LogP contribution in [-0.4, -0.2) is 27.7 Å². The zero-order valence-electron chi connectivity index (χ0n) is 11.1. The molecule has 1 aromatic carbocycles. The highest BCUT2D eigenvalue weighted by molar-refractivity contribution is 7.94. The largest absolute Gasteiger partial charge is 0.392 e. The van der Waals surface area contributed by atoms with Crippen LogP contribution in [0.25, 0.3) is 0 Å². The van der Waals surface area contributed by atoms with Gasteiger partial charge in [-0.3, -0.25) is 0 Å². The summed E-state index contributed by atoms with van der Waals surface area (Å²) in [5, 5.41) is 9.39. The average Bonchev–Trinajstić information content (AvgIpc) is 2.39. The molecule has 1 N–H and O–H groups in total. The first-order valence-electron chi connectivity index (χ1n) is 6.10. The van der Waals surface area contributed by atoms with Gasteiger partial charge >= 0.3 is 0 Å². The number of nitrogens with zero attached hydrogens (tertiary/aromatic N) is 1. The third-order valence-corrected chi connectivity index (χ3v) is 5.54. The van der Waals surface area contributed by atoms with Gasteiger partial charge in [0.15, 0.2) is 0 Å². The highest BCUT2D eigenvalue weighted by Crippen LogP contribution is 2.22. The van der Waals surface area contributed by atoms with E-state index >= 15 is 0 Å². The average molecular weight is 267 g/mol. The molecule has 0 unspecified atom stereocenters. The van der Waals surface area contributed by atoms with Gasteiger partial charge in [-0.15, -0.1) is 0 Å². The summed E-state index contributed by atoms with van der Waals surface area (Å²) in [5.74, 6) is 0. The molecule has 1 aromatic rings. The number of benzene rings is 1. The Labute approximate surface area is 110 Å². The van der Waals surface area contributed by atoms with Crippen molar-refractivity contribution in [1.82, 2.24) is 0 Å².